The van der Waals surface area contributed by atoms with Crippen LogP contribution in [0.15, 0.2) is 28.5 Å². The van der Waals surface area contributed by atoms with Crippen molar-refractivity contribution < 1.29 is 9.47 Å². The third-order valence-corrected chi connectivity index (χ3v) is 4.56. The van der Waals surface area contributed by atoms with Crippen molar-refractivity contribution in [1.29, 1.82) is 0 Å². The van der Waals surface area contributed by atoms with E-state index in [1.165, 1.54) is 31.0 Å². The Hall–Kier alpha value is -2.02. The number of benzene rings is 1. The monoisotopic (exact) mass is 376 g/mol. The van der Waals surface area contributed by atoms with Crippen molar-refractivity contribution in [3.05, 3.63) is 29.6 Å². The van der Waals surface area contributed by atoms with E-state index in [9.17, 15) is 0 Å². The number of hydrogen-bond donors (Lipinski definition) is 0. The molecular formula is C19H28N4O2S. The second-order valence-electron chi connectivity index (χ2n) is 5.83. The zero-order valence-corrected chi connectivity index (χ0v) is 16.9. The lowest BCUT2D eigenvalue weighted by Crippen LogP contribution is -2.01. The van der Waals surface area contributed by atoms with Gasteiger partial charge in [0, 0.05) is 6.42 Å². The fourth-order valence-corrected chi connectivity index (χ4v) is 2.93. The van der Waals surface area contributed by atoms with Crippen LogP contribution >= 0.6 is 11.8 Å². The van der Waals surface area contributed by atoms with Gasteiger partial charge in [0.1, 0.15) is 0 Å². The first kappa shape index (κ1) is 20.3. The van der Waals surface area contributed by atoms with E-state index in [2.05, 4.69) is 22.2 Å². The lowest BCUT2D eigenvalue weighted by molar-refractivity contribution is 0.285. The third-order valence-electron chi connectivity index (χ3n) is 3.94. The second kappa shape index (κ2) is 10.9. The molecule has 0 aliphatic carbocycles. The van der Waals surface area contributed by atoms with Crippen LogP contribution in [0.2, 0.25) is 0 Å². The zero-order chi connectivity index (χ0) is 18.8. The molecule has 0 unspecified atom stereocenters. The average molecular weight is 377 g/mol. The van der Waals surface area contributed by atoms with E-state index in [4.69, 9.17) is 9.47 Å². The predicted octanol–water partition coefficient (Wildman–Crippen LogP) is 4.41. The number of thioether (sulfide) groups is 1. The van der Waals surface area contributed by atoms with Gasteiger partial charge in [-0.2, -0.15) is 9.78 Å². The van der Waals surface area contributed by atoms with Crippen LogP contribution in [0.25, 0.3) is 0 Å². The Kier molecular flexibility index (Phi) is 8.47. The third kappa shape index (κ3) is 5.49. The molecule has 0 spiro atoms. The number of methoxy groups -OCH3 is 1. The summed E-state index contributed by atoms with van der Waals surface area (Å²) in [5.41, 5.74) is 0.933. The van der Waals surface area contributed by atoms with Crippen LogP contribution in [0.5, 0.6) is 11.5 Å². The molecule has 0 N–H and O–H groups in total. The molecule has 0 atom stereocenters. The van der Waals surface area contributed by atoms with Crippen LogP contribution < -0.4 is 9.47 Å². The van der Waals surface area contributed by atoms with Crippen molar-refractivity contribution in [2.45, 2.75) is 51.1 Å². The molecule has 0 saturated carbocycles. The fourth-order valence-electron chi connectivity index (χ4n) is 2.48. The van der Waals surface area contributed by atoms with Gasteiger partial charge < -0.3 is 9.47 Å². The summed E-state index contributed by atoms with van der Waals surface area (Å²) in [4.78, 5) is 0. The molecule has 1 aromatic carbocycles. The number of nitrogens with zero attached hydrogens (tertiary/aromatic N) is 4. The first-order valence-electron chi connectivity index (χ1n) is 9.06. The Morgan fingerprint density at radius 3 is 2.69 bits per heavy atom. The first-order chi connectivity index (χ1) is 12.7. The lowest BCUT2D eigenvalue weighted by atomic mass is 10.2. The first-order valence-corrected chi connectivity index (χ1v) is 10.3. The Balaban J connectivity index is 2.08. The van der Waals surface area contributed by atoms with Gasteiger partial charge >= 0.3 is 0 Å². The second-order valence-corrected chi connectivity index (χ2v) is 6.61. The number of hydrogen-bond acceptors (Lipinski definition) is 6. The predicted molar refractivity (Wildman–Crippen MR) is 107 cm³/mol. The molecular weight excluding hydrogens is 348 g/mol. The van der Waals surface area contributed by atoms with Gasteiger partial charge in [-0.05, 0) is 36.4 Å². The quantitative estimate of drug-likeness (QED) is 0.330. The van der Waals surface area contributed by atoms with Gasteiger partial charge in [0.2, 0.25) is 5.16 Å². The van der Waals surface area contributed by atoms with Crippen molar-refractivity contribution in [3.63, 3.8) is 0 Å². The van der Waals surface area contributed by atoms with Crippen molar-refractivity contribution in [1.82, 2.24) is 14.9 Å². The highest BCUT2D eigenvalue weighted by Gasteiger charge is 2.09. The highest BCUT2D eigenvalue weighted by molar-refractivity contribution is 7.98. The SMILES string of the molecule is CCCCCCOc1ccc(/C=N\n2c(CC)nnc2SC)cc1OC. The van der Waals surface area contributed by atoms with Gasteiger partial charge in [0.05, 0.1) is 19.9 Å². The van der Waals surface area contributed by atoms with Crippen LogP contribution in [-0.2, 0) is 6.42 Å². The number of aromatic nitrogens is 3. The topological polar surface area (TPSA) is 61.5 Å². The molecule has 142 valence electrons. The largest absolute Gasteiger partial charge is 0.493 e. The highest BCUT2D eigenvalue weighted by Crippen LogP contribution is 2.28. The number of unbranched alkanes of at least 4 members (excludes halogenated alkanes) is 3. The van der Waals surface area contributed by atoms with E-state index >= 15 is 0 Å². The lowest BCUT2D eigenvalue weighted by Gasteiger charge is -2.11. The fraction of sp³-hybridized carbons (Fsp3) is 0.526. The summed E-state index contributed by atoms with van der Waals surface area (Å²) in [7, 11) is 1.65. The molecule has 0 aliphatic heterocycles. The van der Waals surface area contributed by atoms with E-state index in [-0.39, 0.29) is 0 Å². The van der Waals surface area contributed by atoms with Crippen molar-refractivity contribution >= 4 is 18.0 Å². The minimum atomic E-state index is 0.710. The Morgan fingerprint density at radius 2 is 2.00 bits per heavy atom. The Labute approximate surface area is 160 Å². The molecule has 0 fully saturated rings. The number of aryl methyl sites for hydroxylation is 1. The standard InChI is InChI=1S/C19H28N4O2S/c1-5-7-8-9-12-25-16-11-10-15(13-17(16)24-3)14-20-23-18(6-2)21-22-19(23)26-4/h10-11,13-14H,5-9,12H2,1-4H3/b20-14-. The molecule has 0 bridgehead atoms. The molecule has 0 saturated heterocycles. The number of ether oxygens (including phenoxy) is 2. The van der Waals surface area contributed by atoms with Crippen molar-refractivity contribution in [3.8, 4) is 11.5 Å². The maximum Gasteiger partial charge on any atom is 0.211 e. The molecule has 26 heavy (non-hydrogen) atoms. The van der Waals surface area contributed by atoms with E-state index in [1.54, 1.807) is 18.0 Å². The van der Waals surface area contributed by atoms with E-state index in [0.717, 1.165) is 35.1 Å². The molecule has 6 nitrogen and oxygen atoms in total. The van der Waals surface area contributed by atoms with Crippen molar-refractivity contribution in [2.24, 2.45) is 5.10 Å². The van der Waals surface area contributed by atoms with Crippen LogP contribution in [-0.4, -0.2) is 41.1 Å². The zero-order valence-electron chi connectivity index (χ0n) is 16.1. The van der Waals surface area contributed by atoms with Crippen LogP contribution in [0.3, 0.4) is 0 Å². The average Bonchev–Trinajstić information content (AvgIpc) is 3.08. The molecule has 1 heterocycles. The summed E-state index contributed by atoms with van der Waals surface area (Å²) < 4.78 is 13.1. The Bertz CT molecular complexity index is 694. The van der Waals surface area contributed by atoms with Gasteiger partial charge in [-0.25, -0.2) is 0 Å². The minimum absolute atomic E-state index is 0.710. The summed E-state index contributed by atoms with van der Waals surface area (Å²) >= 11 is 1.52. The van der Waals surface area contributed by atoms with E-state index in [0.29, 0.717) is 12.4 Å². The maximum atomic E-state index is 5.85. The van der Waals surface area contributed by atoms with Crippen molar-refractivity contribution in [2.75, 3.05) is 20.0 Å². The van der Waals surface area contributed by atoms with Gasteiger partial charge in [0.15, 0.2) is 17.3 Å². The van der Waals surface area contributed by atoms with Gasteiger partial charge in [0.25, 0.3) is 0 Å². The molecule has 0 radical (unpaired) electrons. The van der Waals surface area contributed by atoms with Gasteiger partial charge in [-0.15, -0.1) is 10.2 Å². The summed E-state index contributed by atoms with van der Waals surface area (Å²) in [6, 6.07) is 5.84. The normalized spacial score (nSPS) is 11.2. The molecule has 2 rings (SSSR count). The summed E-state index contributed by atoms with van der Waals surface area (Å²) in [6.45, 7) is 4.95. The van der Waals surface area contributed by atoms with Gasteiger partial charge in [-0.1, -0.05) is 44.9 Å². The molecule has 1 aromatic heterocycles. The molecule has 0 amide bonds. The van der Waals surface area contributed by atoms with Gasteiger partial charge in [-0.3, -0.25) is 0 Å². The maximum absolute atomic E-state index is 5.85. The molecule has 2 aromatic rings. The highest BCUT2D eigenvalue weighted by atomic mass is 32.2. The van der Waals surface area contributed by atoms with Crippen LogP contribution in [0.4, 0.5) is 0 Å². The van der Waals surface area contributed by atoms with E-state index in [1.807, 2.05) is 31.4 Å². The summed E-state index contributed by atoms with van der Waals surface area (Å²) in [5, 5.41) is 13.6. The Morgan fingerprint density at radius 1 is 1.15 bits per heavy atom. The number of rotatable bonds is 11. The summed E-state index contributed by atoms with van der Waals surface area (Å²) in [5.74, 6) is 2.32. The minimum Gasteiger partial charge on any atom is -0.493 e. The molecule has 7 heteroatoms. The van der Waals surface area contributed by atoms with E-state index < -0.39 is 0 Å². The summed E-state index contributed by atoms with van der Waals surface area (Å²) in [6.07, 6.45) is 9.25. The van der Waals surface area contributed by atoms with Crippen LogP contribution in [0, 0.1) is 0 Å². The smallest absolute Gasteiger partial charge is 0.211 e. The van der Waals surface area contributed by atoms with Crippen LogP contribution in [0.1, 0.15) is 50.9 Å². The molecule has 0 aliphatic rings.